The third kappa shape index (κ3) is 4.64. The molecule has 130 valence electrons. The second-order valence-electron chi connectivity index (χ2n) is 5.29. The summed E-state index contributed by atoms with van der Waals surface area (Å²) < 4.78 is 10.7. The third-order valence-electron chi connectivity index (χ3n) is 3.56. The minimum atomic E-state index is -0.477. The molecule has 0 saturated carbocycles. The number of rotatable bonds is 6. The molecular weight excluding hydrogens is 332 g/mol. The van der Waals surface area contributed by atoms with E-state index in [1.165, 1.54) is 13.2 Å². The zero-order valence-corrected chi connectivity index (χ0v) is 14.5. The van der Waals surface area contributed by atoms with E-state index in [0.717, 1.165) is 6.42 Å². The lowest BCUT2D eigenvalue weighted by Crippen LogP contribution is -2.49. The highest BCUT2D eigenvalue weighted by atomic mass is 35.5. The standard InChI is InChI=1S/C17H21ClN2O4/c1-3-24-14-10-11(9-12(18)16(14)23-2)6-7-15(21)20-13-5-4-8-19-17(13)22/h6-7,9-10,13H,3-5,8H2,1-2H3,(H,19,22)(H,20,21)/b7-6+. The summed E-state index contributed by atoms with van der Waals surface area (Å²) in [7, 11) is 1.52. The van der Waals surface area contributed by atoms with Gasteiger partial charge in [-0.15, -0.1) is 0 Å². The Morgan fingerprint density at radius 2 is 2.29 bits per heavy atom. The van der Waals surface area contributed by atoms with Crippen molar-refractivity contribution >= 4 is 29.5 Å². The second-order valence-corrected chi connectivity index (χ2v) is 5.70. The lowest BCUT2D eigenvalue weighted by atomic mass is 10.1. The van der Waals surface area contributed by atoms with Crippen LogP contribution >= 0.6 is 11.6 Å². The Labute approximate surface area is 146 Å². The maximum atomic E-state index is 12.0. The molecule has 1 atom stereocenters. The van der Waals surface area contributed by atoms with Gasteiger partial charge in [-0.2, -0.15) is 0 Å². The molecule has 6 nitrogen and oxygen atoms in total. The Hall–Kier alpha value is -2.21. The van der Waals surface area contributed by atoms with Crippen LogP contribution in [0.1, 0.15) is 25.3 Å². The minimum Gasteiger partial charge on any atom is -0.491 e. The van der Waals surface area contributed by atoms with Gasteiger partial charge in [0, 0.05) is 12.6 Å². The third-order valence-corrected chi connectivity index (χ3v) is 3.85. The van der Waals surface area contributed by atoms with Crippen LogP contribution in [0.2, 0.25) is 5.02 Å². The number of benzene rings is 1. The summed E-state index contributed by atoms with van der Waals surface area (Å²) in [5.41, 5.74) is 0.701. The topological polar surface area (TPSA) is 76.7 Å². The fourth-order valence-corrected chi connectivity index (χ4v) is 2.74. The number of amides is 2. The molecular formula is C17H21ClN2O4. The summed E-state index contributed by atoms with van der Waals surface area (Å²) in [6.45, 7) is 2.99. The molecule has 2 N–H and O–H groups in total. The van der Waals surface area contributed by atoms with Gasteiger partial charge in [-0.25, -0.2) is 0 Å². The zero-order valence-electron chi connectivity index (χ0n) is 13.7. The molecule has 1 aliphatic heterocycles. The highest BCUT2D eigenvalue weighted by molar-refractivity contribution is 6.32. The van der Waals surface area contributed by atoms with E-state index < -0.39 is 6.04 Å². The van der Waals surface area contributed by atoms with Crippen LogP contribution in [0.25, 0.3) is 6.08 Å². The maximum absolute atomic E-state index is 12.0. The molecule has 1 heterocycles. The smallest absolute Gasteiger partial charge is 0.244 e. The molecule has 1 aromatic rings. The van der Waals surface area contributed by atoms with Crippen LogP contribution in [-0.2, 0) is 9.59 Å². The van der Waals surface area contributed by atoms with Gasteiger partial charge in [0.25, 0.3) is 0 Å². The predicted molar refractivity (Wildman–Crippen MR) is 92.4 cm³/mol. The molecule has 7 heteroatoms. The molecule has 24 heavy (non-hydrogen) atoms. The van der Waals surface area contributed by atoms with Gasteiger partial charge in [0.15, 0.2) is 11.5 Å². The van der Waals surface area contributed by atoms with Crippen molar-refractivity contribution in [3.05, 3.63) is 28.8 Å². The molecule has 0 spiro atoms. The molecule has 1 fully saturated rings. The highest BCUT2D eigenvalue weighted by Crippen LogP contribution is 2.36. The summed E-state index contributed by atoms with van der Waals surface area (Å²) in [5.74, 6) is 0.495. The van der Waals surface area contributed by atoms with Crippen molar-refractivity contribution < 1.29 is 19.1 Å². The van der Waals surface area contributed by atoms with Crippen LogP contribution in [0, 0.1) is 0 Å². The average Bonchev–Trinajstić information content (AvgIpc) is 2.55. The van der Waals surface area contributed by atoms with Crippen molar-refractivity contribution in [2.45, 2.75) is 25.8 Å². The highest BCUT2D eigenvalue weighted by Gasteiger charge is 2.22. The average molecular weight is 353 g/mol. The first-order valence-electron chi connectivity index (χ1n) is 7.81. The SMILES string of the molecule is CCOc1cc(/C=C/C(=O)NC2CCCNC2=O)cc(Cl)c1OC. The number of piperidine rings is 1. The lowest BCUT2D eigenvalue weighted by Gasteiger charge is -2.22. The summed E-state index contributed by atoms with van der Waals surface area (Å²) in [5, 5.41) is 5.81. The molecule has 0 radical (unpaired) electrons. The van der Waals surface area contributed by atoms with Crippen LogP contribution in [0.5, 0.6) is 11.5 Å². The van der Waals surface area contributed by atoms with Crippen LogP contribution in [0.4, 0.5) is 0 Å². The van der Waals surface area contributed by atoms with E-state index in [1.54, 1.807) is 18.2 Å². The molecule has 0 aliphatic carbocycles. The van der Waals surface area contributed by atoms with Gasteiger partial charge >= 0.3 is 0 Å². The van der Waals surface area contributed by atoms with Gasteiger partial charge in [0.2, 0.25) is 11.8 Å². The van der Waals surface area contributed by atoms with Crippen molar-refractivity contribution in [3.63, 3.8) is 0 Å². The van der Waals surface area contributed by atoms with Gasteiger partial charge in [-0.05, 0) is 43.5 Å². The number of carbonyl (C=O) groups excluding carboxylic acids is 2. The number of ether oxygens (including phenoxy) is 2. The number of nitrogens with one attached hydrogen (secondary N) is 2. The lowest BCUT2D eigenvalue weighted by molar-refractivity contribution is -0.128. The Kier molecular flexibility index (Phi) is 6.49. The van der Waals surface area contributed by atoms with Gasteiger partial charge in [-0.3, -0.25) is 9.59 Å². The Morgan fingerprint density at radius 3 is 2.96 bits per heavy atom. The fraction of sp³-hybridized carbons (Fsp3) is 0.412. The molecule has 0 bridgehead atoms. The van der Waals surface area contributed by atoms with Crippen molar-refractivity contribution in [3.8, 4) is 11.5 Å². The number of methoxy groups -OCH3 is 1. The maximum Gasteiger partial charge on any atom is 0.244 e. The summed E-state index contributed by atoms with van der Waals surface area (Å²) in [6.07, 6.45) is 4.49. The van der Waals surface area contributed by atoms with Crippen LogP contribution in [-0.4, -0.2) is 38.1 Å². The van der Waals surface area contributed by atoms with Crippen molar-refractivity contribution in [1.82, 2.24) is 10.6 Å². The first-order valence-corrected chi connectivity index (χ1v) is 8.19. The quantitative estimate of drug-likeness (QED) is 0.769. The first-order chi connectivity index (χ1) is 11.5. The molecule has 0 aromatic heterocycles. The van der Waals surface area contributed by atoms with Gasteiger partial charge in [0.05, 0.1) is 18.7 Å². The fourth-order valence-electron chi connectivity index (χ4n) is 2.45. The normalized spacial score (nSPS) is 17.5. The first kappa shape index (κ1) is 18.1. The molecule has 1 aromatic carbocycles. The zero-order chi connectivity index (χ0) is 17.5. The molecule has 1 saturated heterocycles. The molecule has 1 aliphatic rings. The Balaban J connectivity index is 2.07. The van der Waals surface area contributed by atoms with Gasteiger partial charge in [0.1, 0.15) is 6.04 Å². The molecule has 2 amide bonds. The van der Waals surface area contributed by atoms with Gasteiger partial charge in [-0.1, -0.05) is 11.6 Å². The summed E-state index contributed by atoms with van der Waals surface area (Å²) in [4.78, 5) is 23.6. The predicted octanol–water partition coefficient (Wildman–Crippen LogP) is 2.16. The van der Waals surface area contributed by atoms with E-state index >= 15 is 0 Å². The van der Waals surface area contributed by atoms with E-state index in [9.17, 15) is 9.59 Å². The summed E-state index contributed by atoms with van der Waals surface area (Å²) >= 11 is 6.17. The van der Waals surface area contributed by atoms with E-state index in [2.05, 4.69) is 10.6 Å². The number of halogens is 1. The van der Waals surface area contributed by atoms with Crippen LogP contribution in [0.3, 0.4) is 0 Å². The monoisotopic (exact) mass is 352 g/mol. The minimum absolute atomic E-state index is 0.144. The van der Waals surface area contributed by atoms with E-state index in [-0.39, 0.29) is 11.8 Å². The van der Waals surface area contributed by atoms with E-state index in [4.69, 9.17) is 21.1 Å². The Bertz CT molecular complexity index is 646. The van der Waals surface area contributed by atoms with Gasteiger partial charge < -0.3 is 20.1 Å². The number of hydrogen-bond donors (Lipinski definition) is 2. The van der Waals surface area contributed by atoms with Crippen molar-refractivity contribution in [1.29, 1.82) is 0 Å². The van der Waals surface area contributed by atoms with Crippen LogP contribution in [0.15, 0.2) is 18.2 Å². The largest absolute Gasteiger partial charge is 0.491 e. The molecule has 1 unspecified atom stereocenters. The number of hydrogen-bond acceptors (Lipinski definition) is 4. The van der Waals surface area contributed by atoms with Crippen molar-refractivity contribution in [2.75, 3.05) is 20.3 Å². The van der Waals surface area contributed by atoms with E-state index in [0.29, 0.717) is 41.7 Å². The van der Waals surface area contributed by atoms with E-state index in [1.807, 2.05) is 6.92 Å². The Morgan fingerprint density at radius 1 is 1.50 bits per heavy atom. The van der Waals surface area contributed by atoms with Crippen molar-refractivity contribution in [2.24, 2.45) is 0 Å². The summed E-state index contributed by atoms with van der Waals surface area (Å²) in [6, 6.07) is 2.94. The number of carbonyl (C=O) groups is 2. The van der Waals surface area contributed by atoms with Crippen LogP contribution < -0.4 is 20.1 Å². The second kappa shape index (κ2) is 8.59. The molecule has 2 rings (SSSR count).